The van der Waals surface area contributed by atoms with Crippen LogP contribution in [0.1, 0.15) is 44.0 Å². The summed E-state index contributed by atoms with van der Waals surface area (Å²) in [7, 11) is 1.63. The molecule has 31 heavy (non-hydrogen) atoms. The quantitative estimate of drug-likeness (QED) is 0.492. The van der Waals surface area contributed by atoms with Crippen molar-refractivity contribution in [2.45, 2.75) is 32.4 Å². The van der Waals surface area contributed by atoms with Crippen molar-refractivity contribution in [2.24, 2.45) is 0 Å². The second kappa shape index (κ2) is 9.18. The van der Waals surface area contributed by atoms with Gasteiger partial charge in [-0.25, -0.2) is 4.98 Å². The lowest BCUT2D eigenvalue weighted by Crippen LogP contribution is -2.25. The van der Waals surface area contributed by atoms with Crippen molar-refractivity contribution >= 4 is 34.0 Å². The molecule has 0 unspecified atom stereocenters. The van der Waals surface area contributed by atoms with Gasteiger partial charge < -0.3 is 20.7 Å². The van der Waals surface area contributed by atoms with Gasteiger partial charge in [-0.15, -0.1) is 0 Å². The Balaban J connectivity index is 1.38. The minimum absolute atomic E-state index is 0.111. The third-order valence-electron chi connectivity index (χ3n) is 4.97. The number of amides is 2. The zero-order valence-corrected chi connectivity index (χ0v) is 18.2. The highest BCUT2D eigenvalue weighted by Crippen LogP contribution is 2.24. The molecule has 8 heteroatoms. The average molecular weight is 437 g/mol. The van der Waals surface area contributed by atoms with Crippen molar-refractivity contribution in [3.8, 4) is 5.75 Å². The fraction of sp³-hybridized carbons (Fsp3) is 0.261. The number of rotatable bonds is 8. The summed E-state index contributed by atoms with van der Waals surface area (Å²) in [5.74, 6) is 0.427. The van der Waals surface area contributed by atoms with E-state index in [0.29, 0.717) is 27.8 Å². The number of nitrogens with zero attached hydrogens (tertiary/aromatic N) is 1. The van der Waals surface area contributed by atoms with E-state index in [1.165, 1.54) is 11.3 Å². The number of ether oxygens (including phenoxy) is 1. The van der Waals surface area contributed by atoms with Gasteiger partial charge in [-0.2, -0.15) is 0 Å². The molecule has 1 fully saturated rings. The maximum absolute atomic E-state index is 12.7. The number of aromatic nitrogens is 1. The molecule has 0 spiro atoms. The summed E-state index contributed by atoms with van der Waals surface area (Å²) in [6.45, 7) is 2.47. The lowest BCUT2D eigenvalue weighted by molar-refractivity contribution is 0.0949. The maximum Gasteiger partial charge on any atom is 0.267 e. The number of anilines is 2. The van der Waals surface area contributed by atoms with Crippen LogP contribution in [0.5, 0.6) is 5.75 Å². The summed E-state index contributed by atoms with van der Waals surface area (Å²) in [5, 5.41) is 9.75. The van der Waals surface area contributed by atoms with E-state index in [9.17, 15) is 9.59 Å². The van der Waals surface area contributed by atoms with Crippen LogP contribution in [-0.4, -0.2) is 29.9 Å². The molecule has 1 aliphatic rings. The summed E-state index contributed by atoms with van der Waals surface area (Å²) in [6.07, 6.45) is 3.61. The molecule has 1 saturated carbocycles. The van der Waals surface area contributed by atoms with Crippen LogP contribution in [0.4, 0.5) is 10.8 Å². The van der Waals surface area contributed by atoms with Crippen LogP contribution in [-0.2, 0) is 6.54 Å². The molecule has 1 aliphatic carbocycles. The minimum atomic E-state index is -0.255. The van der Waals surface area contributed by atoms with Crippen LogP contribution in [0, 0.1) is 6.92 Å². The third kappa shape index (κ3) is 5.40. The van der Waals surface area contributed by atoms with Gasteiger partial charge in [0.05, 0.1) is 13.3 Å². The molecule has 1 aromatic heterocycles. The molecule has 0 atom stereocenters. The molecule has 3 aromatic rings. The molecule has 3 N–H and O–H groups in total. The molecule has 2 amide bonds. The number of nitrogens with one attached hydrogen (secondary N) is 3. The van der Waals surface area contributed by atoms with E-state index in [2.05, 4.69) is 20.9 Å². The van der Waals surface area contributed by atoms with Crippen molar-refractivity contribution in [3.05, 3.63) is 70.2 Å². The Labute approximate surface area is 184 Å². The maximum atomic E-state index is 12.7. The molecule has 0 radical (unpaired) electrons. The van der Waals surface area contributed by atoms with Crippen LogP contribution in [0.25, 0.3) is 0 Å². The number of benzene rings is 2. The normalized spacial score (nSPS) is 12.8. The molecular formula is C23H24N4O3S. The second-order valence-electron chi connectivity index (χ2n) is 7.47. The van der Waals surface area contributed by atoms with Crippen LogP contribution >= 0.6 is 11.3 Å². The average Bonchev–Trinajstić information content (AvgIpc) is 3.46. The van der Waals surface area contributed by atoms with Crippen molar-refractivity contribution in [1.29, 1.82) is 0 Å². The zero-order valence-electron chi connectivity index (χ0n) is 17.4. The Morgan fingerprint density at radius 2 is 2.00 bits per heavy atom. The van der Waals surface area contributed by atoms with Gasteiger partial charge >= 0.3 is 0 Å². The topological polar surface area (TPSA) is 92.3 Å². The number of thiazole rings is 1. The fourth-order valence-corrected chi connectivity index (χ4v) is 3.71. The summed E-state index contributed by atoms with van der Waals surface area (Å²) in [4.78, 5) is 29.8. The molecule has 0 aliphatic heterocycles. The van der Waals surface area contributed by atoms with E-state index in [0.717, 1.165) is 29.7 Å². The van der Waals surface area contributed by atoms with E-state index in [4.69, 9.17) is 4.74 Å². The molecular weight excluding hydrogens is 412 g/mol. The number of carbonyl (C=O) groups is 2. The number of aryl methyl sites for hydroxylation is 1. The first kappa shape index (κ1) is 20.9. The summed E-state index contributed by atoms with van der Waals surface area (Å²) in [5.41, 5.74) is 3.10. The highest BCUT2D eigenvalue weighted by molar-refractivity contribution is 7.17. The second-order valence-corrected chi connectivity index (χ2v) is 8.50. The van der Waals surface area contributed by atoms with E-state index in [1.807, 2.05) is 37.3 Å². The minimum Gasteiger partial charge on any atom is -0.497 e. The smallest absolute Gasteiger partial charge is 0.267 e. The molecule has 4 rings (SSSR count). The van der Waals surface area contributed by atoms with Crippen molar-refractivity contribution in [1.82, 2.24) is 10.3 Å². The first-order valence-corrected chi connectivity index (χ1v) is 10.9. The van der Waals surface area contributed by atoms with Crippen LogP contribution < -0.4 is 20.7 Å². The van der Waals surface area contributed by atoms with Gasteiger partial charge in [-0.1, -0.05) is 29.5 Å². The van der Waals surface area contributed by atoms with Crippen LogP contribution in [0.15, 0.2) is 48.7 Å². The standard InChI is InChI=1S/C23H24N4O3S/c1-14-6-7-16(21(28)26-17-8-9-17)11-19(14)27-22(29)20-13-25-23(31-20)24-12-15-4-3-5-18(10-15)30-2/h3-7,10-11,13,17H,8-9,12H2,1-2H3,(H,24,25)(H,26,28)(H,27,29). The van der Waals surface area contributed by atoms with E-state index < -0.39 is 0 Å². The Hall–Kier alpha value is -3.39. The summed E-state index contributed by atoms with van der Waals surface area (Å²) in [6, 6.07) is 13.4. The molecule has 7 nitrogen and oxygen atoms in total. The van der Waals surface area contributed by atoms with Gasteiger partial charge in [0.15, 0.2) is 5.13 Å². The SMILES string of the molecule is COc1cccc(CNc2ncc(C(=O)Nc3cc(C(=O)NC4CC4)ccc3C)s2)c1. The van der Waals surface area contributed by atoms with E-state index in [-0.39, 0.29) is 17.9 Å². The van der Waals surface area contributed by atoms with Gasteiger partial charge in [0.25, 0.3) is 11.8 Å². The van der Waals surface area contributed by atoms with Crippen LogP contribution in [0.3, 0.4) is 0 Å². The Kier molecular flexibility index (Phi) is 6.18. The Morgan fingerprint density at radius 1 is 1.16 bits per heavy atom. The monoisotopic (exact) mass is 436 g/mol. The van der Waals surface area contributed by atoms with Crippen LogP contribution in [0.2, 0.25) is 0 Å². The van der Waals surface area contributed by atoms with E-state index >= 15 is 0 Å². The number of hydrogen-bond donors (Lipinski definition) is 3. The Morgan fingerprint density at radius 3 is 2.77 bits per heavy atom. The zero-order chi connectivity index (χ0) is 21.8. The Bertz CT molecular complexity index is 1110. The molecule has 0 saturated heterocycles. The lowest BCUT2D eigenvalue weighted by atomic mass is 10.1. The third-order valence-corrected chi connectivity index (χ3v) is 5.92. The first-order valence-electron chi connectivity index (χ1n) is 10.1. The highest BCUT2D eigenvalue weighted by atomic mass is 32.1. The van der Waals surface area contributed by atoms with Crippen molar-refractivity contribution < 1.29 is 14.3 Å². The predicted octanol–water partition coefficient (Wildman–Crippen LogP) is 4.22. The lowest BCUT2D eigenvalue weighted by Gasteiger charge is -2.10. The highest BCUT2D eigenvalue weighted by Gasteiger charge is 2.24. The van der Waals surface area contributed by atoms with E-state index in [1.54, 1.807) is 25.4 Å². The van der Waals surface area contributed by atoms with Gasteiger partial charge in [-0.05, 0) is 55.2 Å². The van der Waals surface area contributed by atoms with Gasteiger partial charge in [0.1, 0.15) is 10.6 Å². The molecule has 160 valence electrons. The number of carbonyl (C=O) groups excluding carboxylic acids is 2. The fourth-order valence-electron chi connectivity index (χ4n) is 3.00. The van der Waals surface area contributed by atoms with Gasteiger partial charge in [0.2, 0.25) is 0 Å². The number of hydrogen-bond acceptors (Lipinski definition) is 6. The predicted molar refractivity (Wildman–Crippen MR) is 122 cm³/mol. The molecule has 1 heterocycles. The number of methoxy groups -OCH3 is 1. The van der Waals surface area contributed by atoms with Crippen molar-refractivity contribution in [3.63, 3.8) is 0 Å². The molecule has 0 bridgehead atoms. The van der Waals surface area contributed by atoms with Gasteiger partial charge in [-0.3, -0.25) is 9.59 Å². The largest absolute Gasteiger partial charge is 0.497 e. The van der Waals surface area contributed by atoms with Crippen molar-refractivity contribution in [2.75, 3.05) is 17.7 Å². The summed E-state index contributed by atoms with van der Waals surface area (Å²) >= 11 is 1.28. The van der Waals surface area contributed by atoms with Gasteiger partial charge in [0, 0.05) is 23.8 Å². The summed E-state index contributed by atoms with van der Waals surface area (Å²) < 4.78 is 5.23. The first-order chi connectivity index (χ1) is 15.0. The molecule has 2 aromatic carbocycles.